The van der Waals surface area contributed by atoms with E-state index in [1.807, 2.05) is 54.6 Å². The Labute approximate surface area is 167 Å². The van der Waals surface area contributed by atoms with Crippen molar-refractivity contribution in [2.45, 2.75) is 19.4 Å². The lowest BCUT2D eigenvalue weighted by atomic mass is 10.2. The van der Waals surface area contributed by atoms with Crippen LogP contribution in [0.4, 0.5) is 0 Å². The van der Waals surface area contributed by atoms with Crippen molar-refractivity contribution < 1.29 is 18.5 Å². The zero-order chi connectivity index (χ0) is 19.9. The van der Waals surface area contributed by atoms with Crippen molar-refractivity contribution in [1.29, 1.82) is 0 Å². The number of carbonyl (C=O) groups is 1. The Morgan fingerprint density at radius 1 is 1.00 bits per heavy atom. The van der Waals surface area contributed by atoms with Crippen molar-refractivity contribution in [3.05, 3.63) is 84.4 Å². The zero-order valence-corrected chi connectivity index (χ0v) is 15.6. The van der Waals surface area contributed by atoms with Crippen molar-refractivity contribution in [2.24, 2.45) is 0 Å². The van der Waals surface area contributed by atoms with E-state index in [9.17, 15) is 4.79 Å². The number of para-hydroxylation sites is 2. The van der Waals surface area contributed by atoms with E-state index >= 15 is 0 Å². The molecule has 146 valence electrons. The maximum atomic E-state index is 12.2. The second-order valence-corrected chi connectivity index (χ2v) is 6.29. The zero-order valence-electron chi connectivity index (χ0n) is 15.6. The van der Waals surface area contributed by atoms with Crippen LogP contribution in [0.1, 0.15) is 17.9 Å². The number of hydrogen-bond acceptors (Lipinski definition) is 6. The first-order valence-electron chi connectivity index (χ1n) is 9.22. The lowest BCUT2D eigenvalue weighted by Crippen LogP contribution is -2.23. The van der Waals surface area contributed by atoms with Gasteiger partial charge in [-0.05, 0) is 30.3 Å². The van der Waals surface area contributed by atoms with E-state index in [2.05, 4.69) is 15.5 Å². The highest BCUT2D eigenvalue weighted by atomic mass is 16.5. The van der Waals surface area contributed by atoms with Crippen LogP contribution in [-0.4, -0.2) is 16.0 Å². The molecule has 7 heteroatoms. The van der Waals surface area contributed by atoms with E-state index in [4.69, 9.17) is 13.7 Å². The summed E-state index contributed by atoms with van der Waals surface area (Å²) in [5, 5.41) is 6.76. The largest absolute Gasteiger partial charge is 0.461 e. The lowest BCUT2D eigenvalue weighted by Gasteiger charge is -2.11. The minimum absolute atomic E-state index is 0.114. The number of carbonyl (C=O) groups excluding carboxylic acids is 1. The van der Waals surface area contributed by atoms with E-state index in [1.54, 1.807) is 12.1 Å². The summed E-state index contributed by atoms with van der Waals surface area (Å²) in [5.41, 5.74) is 0.891. The van der Waals surface area contributed by atoms with Crippen molar-refractivity contribution in [1.82, 2.24) is 15.5 Å². The second kappa shape index (κ2) is 8.88. The fourth-order valence-electron chi connectivity index (χ4n) is 2.73. The molecular weight excluding hydrogens is 370 g/mol. The van der Waals surface area contributed by atoms with Gasteiger partial charge in [0, 0.05) is 24.9 Å². The summed E-state index contributed by atoms with van der Waals surface area (Å²) in [6.45, 7) is 0.364. The van der Waals surface area contributed by atoms with Crippen molar-refractivity contribution in [2.75, 3.05) is 0 Å². The number of hydrogen-bond donors (Lipinski definition) is 1. The maximum absolute atomic E-state index is 12.2. The van der Waals surface area contributed by atoms with Gasteiger partial charge in [0.25, 0.3) is 0 Å². The lowest BCUT2D eigenvalue weighted by molar-refractivity contribution is -0.121. The summed E-state index contributed by atoms with van der Waals surface area (Å²) in [6, 6.07) is 20.6. The first kappa shape index (κ1) is 18.5. The number of furan rings is 1. The molecule has 0 aliphatic rings. The Bertz CT molecular complexity index is 1060. The van der Waals surface area contributed by atoms with E-state index in [0.717, 1.165) is 11.3 Å². The summed E-state index contributed by atoms with van der Waals surface area (Å²) in [6.07, 6.45) is 2.13. The van der Waals surface area contributed by atoms with E-state index in [0.29, 0.717) is 36.2 Å². The van der Waals surface area contributed by atoms with Crippen LogP contribution >= 0.6 is 0 Å². The van der Waals surface area contributed by atoms with Crippen LogP contribution in [0, 0.1) is 0 Å². The van der Waals surface area contributed by atoms with Gasteiger partial charge in [0.15, 0.2) is 5.76 Å². The number of nitrogens with zero attached hydrogens (tertiary/aromatic N) is 2. The molecule has 0 fully saturated rings. The number of aromatic nitrogens is 2. The molecule has 0 saturated carbocycles. The van der Waals surface area contributed by atoms with Gasteiger partial charge in [-0.15, -0.1) is 0 Å². The van der Waals surface area contributed by atoms with Gasteiger partial charge >= 0.3 is 0 Å². The SMILES string of the molecule is O=C(CCc1nc(-c2ccco2)no1)NCc1ccccc1Oc1ccccc1. The first-order valence-corrected chi connectivity index (χ1v) is 9.22. The van der Waals surface area contributed by atoms with Gasteiger partial charge in [-0.25, -0.2) is 0 Å². The minimum atomic E-state index is -0.114. The van der Waals surface area contributed by atoms with Gasteiger partial charge in [0.1, 0.15) is 11.5 Å². The van der Waals surface area contributed by atoms with Gasteiger partial charge in [0.05, 0.1) is 6.26 Å². The number of amides is 1. The van der Waals surface area contributed by atoms with Crippen LogP contribution < -0.4 is 10.1 Å². The molecule has 0 unspecified atom stereocenters. The summed E-state index contributed by atoms with van der Waals surface area (Å²) in [5.74, 6) is 2.63. The average molecular weight is 389 g/mol. The second-order valence-electron chi connectivity index (χ2n) is 6.29. The number of ether oxygens (including phenoxy) is 1. The van der Waals surface area contributed by atoms with Crippen LogP contribution in [-0.2, 0) is 17.8 Å². The Morgan fingerprint density at radius 2 is 1.83 bits per heavy atom. The third-order valence-electron chi connectivity index (χ3n) is 4.20. The molecule has 0 aliphatic carbocycles. The normalized spacial score (nSPS) is 10.6. The fraction of sp³-hybridized carbons (Fsp3) is 0.136. The average Bonchev–Trinajstić information content (AvgIpc) is 3.44. The third-order valence-corrected chi connectivity index (χ3v) is 4.20. The molecular formula is C22H19N3O4. The molecule has 4 aromatic rings. The Hall–Kier alpha value is -3.87. The Kier molecular flexibility index (Phi) is 5.66. The molecule has 2 aromatic carbocycles. The van der Waals surface area contributed by atoms with Crippen LogP contribution in [0.3, 0.4) is 0 Å². The maximum Gasteiger partial charge on any atom is 0.238 e. The molecule has 2 aromatic heterocycles. The Morgan fingerprint density at radius 3 is 2.66 bits per heavy atom. The highest BCUT2D eigenvalue weighted by molar-refractivity contribution is 5.76. The number of nitrogens with one attached hydrogen (secondary N) is 1. The number of rotatable bonds is 8. The van der Waals surface area contributed by atoms with Gasteiger partial charge in [0.2, 0.25) is 17.6 Å². The molecule has 0 aliphatic heterocycles. The summed E-state index contributed by atoms with van der Waals surface area (Å²) in [7, 11) is 0. The van der Waals surface area contributed by atoms with E-state index < -0.39 is 0 Å². The topological polar surface area (TPSA) is 90.4 Å². The molecule has 7 nitrogen and oxygen atoms in total. The van der Waals surface area contributed by atoms with E-state index in [-0.39, 0.29) is 12.3 Å². The predicted molar refractivity (Wildman–Crippen MR) is 105 cm³/mol. The molecule has 1 N–H and O–H groups in total. The van der Waals surface area contributed by atoms with Crippen molar-refractivity contribution in [3.8, 4) is 23.1 Å². The highest BCUT2D eigenvalue weighted by Crippen LogP contribution is 2.25. The van der Waals surface area contributed by atoms with Crippen LogP contribution in [0.5, 0.6) is 11.5 Å². The molecule has 2 heterocycles. The quantitative estimate of drug-likeness (QED) is 0.481. The van der Waals surface area contributed by atoms with Crippen LogP contribution in [0.15, 0.2) is 81.9 Å². The predicted octanol–water partition coefficient (Wildman–Crippen LogP) is 4.37. The van der Waals surface area contributed by atoms with Gasteiger partial charge in [-0.1, -0.05) is 41.6 Å². The van der Waals surface area contributed by atoms with Crippen LogP contribution in [0.2, 0.25) is 0 Å². The molecule has 0 bridgehead atoms. The molecule has 0 radical (unpaired) electrons. The fourth-order valence-corrected chi connectivity index (χ4v) is 2.73. The molecule has 0 saturated heterocycles. The molecule has 0 spiro atoms. The van der Waals surface area contributed by atoms with Crippen LogP contribution in [0.25, 0.3) is 11.6 Å². The van der Waals surface area contributed by atoms with Gasteiger partial charge < -0.3 is 19.0 Å². The molecule has 29 heavy (non-hydrogen) atoms. The number of benzene rings is 2. The summed E-state index contributed by atoms with van der Waals surface area (Å²) >= 11 is 0. The molecule has 0 atom stereocenters. The standard InChI is InChI=1S/C22H19N3O4/c26-20(12-13-21-24-22(25-29-21)19-11-6-14-27-19)23-15-16-7-4-5-10-18(16)28-17-8-2-1-3-9-17/h1-11,14H,12-13,15H2,(H,23,26). The monoisotopic (exact) mass is 389 g/mol. The highest BCUT2D eigenvalue weighted by Gasteiger charge is 2.13. The third kappa shape index (κ3) is 4.90. The Balaban J connectivity index is 1.30. The smallest absolute Gasteiger partial charge is 0.238 e. The first-order chi connectivity index (χ1) is 14.3. The summed E-state index contributed by atoms with van der Waals surface area (Å²) in [4.78, 5) is 16.5. The molecule has 1 amide bonds. The van der Waals surface area contributed by atoms with Crippen molar-refractivity contribution >= 4 is 5.91 Å². The minimum Gasteiger partial charge on any atom is -0.461 e. The van der Waals surface area contributed by atoms with Crippen molar-refractivity contribution in [3.63, 3.8) is 0 Å². The molecule has 4 rings (SSSR count). The summed E-state index contributed by atoms with van der Waals surface area (Å²) < 4.78 is 16.3. The van der Waals surface area contributed by atoms with Gasteiger partial charge in [-0.2, -0.15) is 4.98 Å². The number of aryl methyl sites for hydroxylation is 1. The van der Waals surface area contributed by atoms with E-state index in [1.165, 1.54) is 6.26 Å². The van der Waals surface area contributed by atoms with Gasteiger partial charge in [-0.3, -0.25) is 4.79 Å².